The van der Waals surface area contributed by atoms with Crippen molar-refractivity contribution in [3.63, 3.8) is 0 Å². The van der Waals surface area contributed by atoms with Gasteiger partial charge in [-0.2, -0.15) is 5.10 Å². The van der Waals surface area contributed by atoms with Gasteiger partial charge < -0.3 is 4.42 Å². The molecule has 1 aromatic heterocycles. The number of para-hydroxylation sites is 1. The average molecular weight is 325 g/mol. The molecule has 3 aromatic rings. The molecular formula is C19H17ClN2O. The zero-order chi connectivity index (χ0) is 16.2. The smallest absolute Gasteiger partial charge is 0.147 e. The lowest BCUT2D eigenvalue weighted by atomic mass is 10.1. The van der Waals surface area contributed by atoms with Gasteiger partial charge >= 0.3 is 0 Å². The van der Waals surface area contributed by atoms with Crippen LogP contribution in [-0.2, 0) is 0 Å². The summed E-state index contributed by atoms with van der Waals surface area (Å²) in [5.41, 5.74) is 7.24. The van der Waals surface area contributed by atoms with Crippen LogP contribution in [0.3, 0.4) is 0 Å². The second kappa shape index (κ2) is 6.71. The molecule has 4 heteroatoms. The second-order valence-electron chi connectivity index (χ2n) is 5.35. The molecular weight excluding hydrogens is 308 g/mol. The summed E-state index contributed by atoms with van der Waals surface area (Å²) in [6, 6.07) is 17.6. The van der Waals surface area contributed by atoms with Crippen LogP contribution in [0.5, 0.6) is 0 Å². The molecule has 3 rings (SSSR count). The molecule has 0 fully saturated rings. The summed E-state index contributed by atoms with van der Waals surface area (Å²) in [6.45, 7) is 4.06. The standard InChI is InChI=1S/C19H17ClN2O/c1-13-7-8-15(20)11-17(13)19-10-9-16(23-19)12-21-22-18-6-4-3-5-14(18)2/h3-12,22H,1-2H3. The highest BCUT2D eigenvalue weighted by Crippen LogP contribution is 2.27. The Morgan fingerprint density at radius 2 is 1.83 bits per heavy atom. The highest BCUT2D eigenvalue weighted by molar-refractivity contribution is 6.30. The molecule has 0 radical (unpaired) electrons. The second-order valence-corrected chi connectivity index (χ2v) is 5.78. The minimum absolute atomic E-state index is 0.681. The van der Waals surface area contributed by atoms with E-state index in [9.17, 15) is 0 Å². The Hall–Kier alpha value is -2.52. The summed E-state index contributed by atoms with van der Waals surface area (Å²) in [5, 5.41) is 4.92. The van der Waals surface area contributed by atoms with E-state index in [0.717, 1.165) is 28.1 Å². The van der Waals surface area contributed by atoms with Crippen molar-refractivity contribution in [1.82, 2.24) is 0 Å². The van der Waals surface area contributed by atoms with E-state index in [2.05, 4.69) is 10.5 Å². The number of aryl methyl sites for hydroxylation is 2. The topological polar surface area (TPSA) is 37.5 Å². The van der Waals surface area contributed by atoms with Crippen LogP contribution in [-0.4, -0.2) is 6.21 Å². The maximum absolute atomic E-state index is 6.06. The predicted octanol–water partition coefficient (Wildman–Crippen LogP) is 5.66. The molecule has 116 valence electrons. The van der Waals surface area contributed by atoms with E-state index in [1.165, 1.54) is 0 Å². The van der Waals surface area contributed by atoms with Crippen LogP contribution < -0.4 is 5.43 Å². The van der Waals surface area contributed by atoms with Gasteiger partial charge in [0.1, 0.15) is 11.5 Å². The van der Waals surface area contributed by atoms with Crippen molar-refractivity contribution in [2.24, 2.45) is 5.10 Å². The molecule has 0 saturated heterocycles. The van der Waals surface area contributed by atoms with Crippen molar-refractivity contribution in [2.45, 2.75) is 13.8 Å². The van der Waals surface area contributed by atoms with Crippen LogP contribution in [0.25, 0.3) is 11.3 Å². The van der Waals surface area contributed by atoms with E-state index in [0.29, 0.717) is 10.8 Å². The van der Waals surface area contributed by atoms with Gasteiger partial charge in [0.15, 0.2) is 0 Å². The lowest BCUT2D eigenvalue weighted by molar-refractivity contribution is 0.574. The van der Waals surface area contributed by atoms with Crippen LogP contribution in [0.2, 0.25) is 5.02 Å². The Morgan fingerprint density at radius 1 is 1.00 bits per heavy atom. The Bertz CT molecular complexity index is 852. The Morgan fingerprint density at radius 3 is 2.65 bits per heavy atom. The number of nitrogens with zero attached hydrogens (tertiary/aromatic N) is 1. The number of hydrogen-bond acceptors (Lipinski definition) is 3. The number of hydrazone groups is 1. The van der Waals surface area contributed by atoms with Crippen molar-refractivity contribution in [1.29, 1.82) is 0 Å². The Labute approximate surface area is 140 Å². The number of nitrogens with one attached hydrogen (secondary N) is 1. The highest BCUT2D eigenvalue weighted by Gasteiger charge is 2.07. The van der Waals surface area contributed by atoms with Gasteiger partial charge in [-0.1, -0.05) is 35.9 Å². The lowest BCUT2D eigenvalue weighted by Crippen LogP contribution is -1.91. The van der Waals surface area contributed by atoms with E-state index < -0.39 is 0 Å². The van der Waals surface area contributed by atoms with Crippen LogP contribution in [0, 0.1) is 13.8 Å². The molecule has 0 aliphatic heterocycles. The fraction of sp³-hybridized carbons (Fsp3) is 0.105. The molecule has 2 aromatic carbocycles. The van der Waals surface area contributed by atoms with Gasteiger partial charge in [0.05, 0.1) is 11.9 Å². The molecule has 1 N–H and O–H groups in total. The largest absolute Gasteiger partial charge is 0.455 e. The molecule has 0 aliphatic carbocycles. The predicted molar refractivity (Wildman–Crippen MR) is 96.3 cm³/mol. The van der Waals surface area contributed by atoms with Crippen molar-refractivity contribution >= 4 is 23.5 Å². The zero-order valence-electron chi connectivity index (χ0n) is 13.0. The monoisotopic (exact) mass is 324 g/mol. The third-order valence-electron chi connectivity index (χ3n) is 3.61. The molecule has 0 amide bonds. The zero-order valence-corrected chi connectivity index (χ0v) is 13.8. The first-order valence-electron chi connectivity index (χ1n) is 7.34. The van der Waals surface area contributed by atoms with Gasteiger partial charge in [0, 0.05) is 10.6 Å². The summed E-state index contributed by atoms with van der Waals surface area (Å²) in [7, 11) is 0. The molecule has 0 atom stereocenters. The minimum Gasteiger partial charge on any atom is -0.455 e. The highest BCUT2D eigenvalue weighted by atomic mass is 35.5. The molecule has 23 heavy (non-hydrogen) atoms. The first-order chi connectivity index (χ1) is 11.1. The maximum atomic E-state index is 6.06. The fourth-order valence-corrected chi connectivity index (χ4v) is 2.46. The quantitative estimate of drug-likeness (QED) is 0.496. The van der Waals surface area contributed by atoms with Crippen LogP contribution in [0.1, 0.15) is 16.9 Å². The van der Waals surface area contributed by atoms with E-state index in [1.54, 1.807) is 6.21 Å². The number of anilines is 1. The number of halogens is 1. The summed E-state index contributed by atoms with van der Waals surface area (Å²) in [4.78, 5) is 0. The van der Waals surface area contributed by atoms with E-state index in [1.807, 2.05) is 68.4 Å². The summed E-state index contributed by atoms with van der Waals surface area (Å²) in [5.74, 6) is 1.46. The van der Waals surface area contributed by atoms with Crippen LogP contribution in [0.15, 0.2) is 64.1 Å². The van der Waals surface area contributed by atoms with Gasteiger partial charge in [-0.15, -0.1) is 0 Å². The van der Waals surface area contributed by atoms with Gasteiger partial charge in [-0.3, -0.25) is 5.43 Å². The third-order valence-corrected chi connectivity index (χ3v) is 3.85. The fourth-order valence-electron chi connectivity index (χ4n) is 2.29. The Balaban J connectivity index is 1.76. The number of rotatable bonds is 4. The normalized spacial score (nSPS) is 11.1. The maximum Gasteiger partial charge on any atom is 0.147 e. The molecule has 3 nitrogen and oxygen atoms in total. The lowest BCUT2D eigenvalue weighted by Gasteiger charge is -2.03. The Kier molecular flexibility index (Phi) is 4.49. The van der Waals surface area contributed by atoms with Gasteiger partial charge in [-0.05, 0) is 55.3 Å². The van der Waals surface area contributed by atoms with Gasteiger partial charge in [0.25, 0.3) is 0 Å². The number of furan rings is 1. The molecule has 0 spiro atoms. The van der Waals surface area contributed by atoms with Crippen molar-refractivity contribution < 1.29 is 4.42 Å². The minimum atomic E-state index is 0.681. The van der Waals surface area contributed by atoms with E-state index in [4.69, 9.17) is 16.0 Å². The molecule has 1 heterocycles. The molecule has 0 saturated carbocycles. The van der Waals surface area contributed by atoms with Crippen molar-refractivity contribution in [3.8, 4) is 11.3 Å². The third kappa shape index (κ3) is 3.63. The number of benzene rings is 2. The number of hydrogen-bond donors (Lipinski definition) is 1. The summed E-state index contributed by atoms with van der Waals surface area (Å²) < 4.78 is 5.83. The van der Waals surface area contributed by atoms with E-state index >= 15 is 0 Å². The molecule has 0 bridgehead atoms. The van der Waals surface area contributed by atoms with Gasteiger partial charge in [-0.25, -0.2) is 0 Å². The SMILES string of the molecule is Cc1ccccc1NN=Cc1ccc(-c2cc(Cl)ccc2C)o1. The summed E-state index contributed by atoms with van der Waals surface area (Å²) in [6.07, 6.45) is 1.66. The summed E-state index contributed by atoms with van der Waals surface area (Å²) >= 11 is 6.06. The van der Waals surface area contributed by atoms with Crippen molar-refractivity contribution in [3.05, 3.63) is 76.5 Å². The van der Waals surface area contributed by atoms with Gasteiger partial charge in [0.2, 0.25) is 0 Å². The first-order valence-corrected chi connectivity index (χ1v) is 7.72. The van der Waals surface area contributed by atoms with Crippen molar-refractivity contribution in [2.75, 3.05) is 5.43 Å². The van der Waals surface area contributed by atoms with Crippen LogP contribution >= 0.6 is 11.6 Å². The molecule has 0 aliphatic rings. The first kappa shape index (κ1) is 15.4. The molecule has 0 unspecified atom stereocenters. The average Bonchev–Trinajstić information content (AvgIpc) is 3.00. The van der Waals surface area contributed by atoms with Crippen LogP contribution in [0.4, 0.5) is 5.69 Å². The van der Waals surface area contributed by atoms with E-state index in [-0.39, 0.29) is 0 Å².